The zero-order valence-corrected chi connectivity index (χ0v) is 20.2. The molecule has 2 aromatic rings. The standard InChI is InChI=1S/C25H34N2O4S/c1-5-6-14-26-25(29)19(2)27(16-21-8-7-9-23(15-21)31-4)24(28)18-32-17-20-10-12-22(30-3)13-11-20/h7-13,15,19H,5-6,14,16-18H2,1-4H3,(H,26,29)/t19-/m0/s1. The van der Waals surface area contributed by atoms with E-state index in [4.69, 9.17) is 9.47 Å². The maximum atomic E-state index is 13.1. The van der Waals surface area contributed by atoms with Crippen LogP contribution in [0.25, 0.3) is 0 Å². The van der Waals surface area contributed by atoms with Gasteiger partial charge in [0.1, 0.15) is 17.5 Å². The topological polar surface area (TPSA) is 67.9 Å². The van der Waals surface area contributed by atoms with Crippen LogP contribution in [0.1, 0.15) is 37.8 Å². The molecule has 0 unspecified atom stereocenters. The van der Waals surface area contributed by atoms with E-state index in [0.29, 0.717) is 24.6 Å². The highest BCUT2D eigenvalue weighted by molar-refractivity contribution is 7.99. The van der Waals surface area contributed by atoms with E-state index >= 15 is 0 Å². The summed E-state index contributed by atoms with van der Waals surface area (Å²) in [5, 5.41) is 2.94. The Morgan fingerprint density at radius 3 is 2.41 bits per heavy atom. The molecule has 0 heterocycles. The fourth-order valence-electron chi connectivity index (χ4n) is 3.15. The lowest BCUT2D eigenvalue weighted by molar-refractivity contribution is -0.138. The monoisotopic (exact) mass is 458 g/mol. The van der Waals surface area contributed by atoms with Gasteiger partial charge >= 0.3 is 0 Å². The van der Waals surface area contributed by atoms with Gasteiger partial charge in [0.25, 0.3) is 0 Å². The Morgan fingerprint density at radius 2 is 1.75 bits per heavy atom. The van der Waals surface area contributed by atoms with Crippen LogP contribution < -0.4 is 14.8 Å². The third-order valence-electron chi connectivity index (χ3n) is 5.14. The van der Waals surface area contributed by atoms with Crippen molar-refractivity contribution in [3.63, 3.8) is 0 Å². The minimum atomic E-state index is -0.563. The number of rotatable bonds is 13. The number of benzene rings is 2. The van der Waals surface area contributed by atoms with Crippen molar-refractivity contribution >= 4 is 23.6 Å². The average molecular weight is 459 g/mol. The molecule has 7 heteroatoms. The van der Waals surface area contributed by atoms with Crippen molar-refractivity contribution in [3.05, 3.63) is 59.7 Å². The summed E-state index contributed by atoms with van der Waals surface area (Å²) in [5.74, 6) is 2.34. The van der Waals surface area contributed by atoms with E-state index in [1.165, 1.54) is 11.8 Å². The van der Waals surface area contributed by atoms with Crippen molar-refractivity contribution in [2.45, 2.75) is 45.0 Å². The molecule has 0 saturated carbocycles. The molecule has 1 N–H and O–H groups in total. The normalized spacial score (nSPS) is 11.5. The predicted molar refractivity (Wildman–Crippen MR) is 130 cm³/mol. The van der Waals surface area contributed by atoms with Gasteiger partial charge in [-0.05, 0) is 48.7 Å². The van der Waals surface area contributed by atoms with Gasteiger partial charge in [-0.1, -0.05) is 37.6 Å². The van der Waals surface area contributed by atoms with Gasteiger partial charge in [0.2, 0.25) is 11.8 Å². The van der Waals surface area contributed by atoms with E-state index in [2.05, 4.69) is 12.2 Å². The first-order valence-electron chi connectivity index (χ1n) is 10.9. The fourth-order valence-corrected chi connectivity index (χ4v) is 4.02. The number of thioether (sulfide) groups is 1. The van der Waals surface area contributed by atoms with Crippen molar-refractivity contribution in [2.24, 2.45) is 0 Å². The highest BCUT2D eigenvalue weighted by Gasteiger charge is 2.26. The molecule has 0 radical (unpaired) electrons. The number of nitrogens with zero attached hydrogens (tertiary/aromatic N) is 1. The van der Waals surface area contributed by atoms with Crippen molar-refractivity contribution in [2.75, 3.05) is 26.5 Å². The van der Waals surface area contributed by atoms with Gasteiger partial charge in [0.15, 0.2) is 0 Å². The lowest BCUT2D eigenvalue weighted by Crippen LogP contribution is -2.48. The Morgan fingerprint density at radius 1 is 1.03 bits per heavy atom. The van der Waals surface area contributed by atoms with E-state index in [1.54, 1.807) is 26.0 Å². The molecule has 174 valence electrons. The molecular weight excluding hydrogens is 424 g/mol. The van der Waals surface area contributed by atoms with Crippen molar-refractivity contribution in [1.29, 1.82) is 0 Å². The van der Waals surface area contributed by atoms with Crippen LogP contribution in [0.2, 0.25) is 0 Å². The number of unbranched alkanes of at least 4 members (excludes halogenated alkanes) is 1. The Hall–Kier alpha value is -2.67. The third-order valence-corrected chi connectivity index (χ3v) is 6.13. The minimum Gasteiger partial charge on any atom is -0.497 e. The lowest BCUT2D eigenvalue weighted by atomic mass is 10.1. The molecule has 0 saturated heterocycles. The maximum absolute atomic E-state index is 13.1. The van der Waals surface area contributed by atoms with Gasteiger partial charge < -0.3 is 19.7 Å². The number of ether oxygens (including phenoxy) is 2. The van der Waals surface area contributed by atoms with Crippen LogP contribution in [0.3, 0.4) is 0 Å². The zero-order valence-electron chi connectivity index (χ0n) is 19.4. The summed E-state index contributed by atoms with van der Waals surface area (Å²) in [5.41, 5.74) is 2.04. The molecule has 6 nitrogen and oxygen atoms in total. The lowest BCUT2D eigenvalue weighted by Gasteiger charge is -2.29. The van der Waals surface area contributed by atoms with Gasteiger partial charge in [0.05, 0.1) is 20.0 Å². The van der Waals surface area contributed by atoms with Crippen LogP contribution in [0, 0.1) is 0 Å². The number of hydrogen-bond acceptors (Lipinski definition) is 5. The number of amides is 2. The number of methoxy groups -OCH3 is 2. The Balaban J connectivity index is 2.05. The van der Waals surface area contributed by atoms with Crippen LogP contribution in [-0.4, -0.2) is 49.3 Å². The van der Waals surface area contributed by atoms with Crippen LogP contribution in [-0.2, 0) is 21.9 Å². The first kappa shape index (κ1) is 25.6. The van der Waals surface area contributed by atoms with E-state index in [1.807, 2.05) is 48.5 Å². The average Bonchev–Trinajstić information content (AvgIpc) is 2.82. The quantitative estimate of drug-likeness (QED) is 0.454. The Bertz CT molecular complexity index is 857. The molecule has 0 fully saturated rings. The molecule has 0 aromatic heterocycles. The van der Waals surface area contributed by atoms with E-state index < -0.39 is 6.04 Å². The van der Waals surface area contributed by atoms with Crippen LogP contribution in [0.15, 0.2) is 48.5 Å². The smallest absolute Gasteiger partial charge is 0.242 e. The second kappa shape index (κ2) is 13.7. The van der Waals surface area contributed by atoms with Gasteiger partial charge in [-0.3, -0.25) is 9.59 Å². The minimum absolute atomic E-state index is 0.0653. The Labute approximate surface area is 195 Å². The largest absolute Gasteiger partial charge is 0.497 e. The summed E-state index contributed by atoms with van der Waals surface area (Å²) in [4.78, 5) is 27.5. The van der Waals surface area contributed by atoms with Gasteiger partial charge in [-0.25, -0.2) is 0 Å². The molecule has 0 aliphatic rings. The van der Waals surface area contributed by atoms with Crippen LogP contribution >= 0.6 is 11.8 Å². The van der Waals surface area contributed by atoms with Gasteiger partial charge in [-0.15, -0.1) is 11.8 Å². The highest BCUT2D eigenvalue weighted by atomic mass is 32.2. The summed E-state index contributed by atoms with van der Waals surface area (Å²) in [7, 11) is 3.25. The second-order valence-electron chi connectivity index (χ2n) is 7.53. The van der Waals surface area contributed by atoms with Crippen molar-refractivity contribution < 1.29 is 19.1 Å². The molecule has 0 bridgehead atoms. The molecule has 0 aliphatic carbocycles. The highest BCUT2D eigenvalue weighted by Crippen LogP contribution is 2.20. The maximum Gasteiger partial charge on any atom is 0.242 e. The van der Waals surface area contributed by atoms with Crippen molar-refractivity contribution in [3.8, 4) is 11.5 Å². The van der Waals surface area contributed by atoms with E-state index in [-0.39, 0.29) is 11.8 Å². The third kappa shape index (κ3) is 8.11. The predicted octanol–water partition coefficient (Wildman–Crippen LogP) is 4.27. The van der Waals surface area contributed by atoms with E-state index in [9.17, 15) is 9.59 Å². The molecule has 32 heavy (non-hydrogen) atoms. The second-order valence-corrected chi connectivity index (χ2v) is 8.52. The van der Waals surface area contributed by atoms with Crippen LogP contribution in [0.4, 0.5) is 0 Å². The zero-order chi connectivity index (χ0) is 23.3. The number of carbonyl (C=O) groups is 2. The first-order valence-corrected chi connectivity index (χ1v) is 12.0. The number of carbonyl (C=O) groups excluding carboxylic acids is 2. The molecule has 1 atom stereocenters. The van der Waals surface area contributed by atoms with Gasteiger partial charge in [-0.2, -0.15) is 0 Å². The van der Waals surface area contributed by atoms with Crippen LogP contribution in [0.5, 0.6) is 11.5 Å². The molecule has 0 spiro atoms. The van der Waals surface area contributed by atoms with Crippen molar-refractivity contribution in [1.82, 2.24) is 10.2 Å². The molecule has 2 aromatic carbocycles. The summed E-state index contributed by atoms with van der Waals surface area (Å²) in [6, 6.07) is 14.8. The van der Waals surface area contributed by atoms with Gasteiger partial charge in [0, 0.05) is 18.8 Å². The first-order chi connectivity index (χ1) is 15.5. The summed E-state index contributed by atoms with van der Waals surface area (Å²) in [6.45, 7) is 4.83. The number of hydrogen-bond donors (Lipinski definition) is 1. The molecule has 2 amide bonds. The summed E-state index contributed by atoms with van der Waals surface area (Å²) in [6.07, 6.45) is 1.92. The molecule has 0 aliphatic heterocycles. The molecular formula is C25H34N2O4S. The SMILES string of the molecule is CCCCNC(=O)[C@H](C)N(Cc1cccc(OC)c1)C(=O)CSCc1ccc(OC)cc1. The summed E-state index contributed by atoms with van der Waals surface area (Å²) >= 11 is 1.54. The fraction of sp³-hybridized carbons (Fsp3) is 0.440. The number of nitrogens with one attached hydrogen (secondary N) is 1. The summed E-state index contributed by atoms with van der Waals surface area (Å²) < 4.78 is 10.5. The van der Waals surface area contributed by atoms with E-state index in [0.717, 1.165) is 35.5 Å². The Kier molecular flexibility index (Phi) is 10.9. The molecule has 2 rings (SSSR count).